The average Bonchev–Trinajstić information content (AvgIpc) is 2.76. The topological polar surface area (TPSA) is 75.0 Å². The van der Waals surface area contributed by atoms with E-state index in [9.17, 15) is 4.79 Å². The van der Waals surface area contributed by atoms with E-state index >= 15 is 0 Å². The van der Waals surface area contributed by atoms with Crippen molar-refractivity contribution in [2.75, 3.05) is 25.1 Å². The van der Waals surface area contributed by atoms with Gasteiger partial charge >= 0.3 is 0 Å². The van der Waals surface area contributed by atoms with Crippen molar-refractivity contribution in [3.63, 3.8) is 0 Å². The van der Waals surface area contributed by atoms with E-state index in [0.29, 0.717) is 11.4 Å². The maximum absolute atomic E-state index is 11.7. The lowest BCUT2D eigenvalue weighted by molar-refractivity contribution is -0.126. The third-order valence-corrected chi connectivity index (χ3v) is 3.57. The van der Waals surface area contributed by atoms with Gasteiger partial charge in [0.15, 0.2) is 5.16 Å². The van der Waals surface area contributed by atoms with E-state index in [-0.39, 0.29) is 5.91 Å². The number of imidazole rings is 1. The molecule has 1 aromatic heterocycles. The van der Waals surface area contributed by atoms with E-state index in [0.717, 1.165) is 22.7 Å². The van der Waals surface area contributed by atoms with Crippen LogP contribution in [0.4, 0.5) is 5.69 Å². The van der Waals surface area contributed by atoms with Crippen molar-refractivity contribution >= 4 is 34.4 Å². The lowest BCUT2D eigenvalue weighted by atomic mass is 10.3. The Labute approximate surface area is 110 Å². The third-order valence-electron chi connectivity index (χ3n) is 2.72. The molecule has 1 aromatic carbocycles. The minimum absolute atomic E-state index is 0.0995. The van der Waals surface area contributed by atoms with Gasteiger partial charge in [-0.25, -0.2) is 4.98 Å². The lowest BCUT2D eigenvalue weighted by Crippen LogP contribution is -2.27. The van der Waals surface area contributed by atoms with E-state index in [4.69, 9.17) is 5.73 Å². The van der Waals surface area contributed by atoms with Gasteiger partial charge in [0.25, 0.3) is 0 Å². The normalized spacial score (nSPS) is 10.8. The molecule has 2 aromatic rings. The molecule has 0 aliphatic carbocycles. The molecule has 96 valence electrons. The smallest absolute Gasteiger partial charge is 0.232 e. The molecule has 0 saturated carbocycles. The first-order chi connectivity index (χ1) is 8.60. The van der Waals surface area contributed by atoms with Crippen LogP contribution < -0.4 is 5.73 Å². The van der Waals surface area contributed by atoms with Gasteiger partial charge in [-0.15, -0.1) is 0 Å². The molecular weight excluding hydrogens is 248 g/mol. The number of nitrogens with zero attached hydrogens (tertiary/aromatic N) is 2. The van der Waals surface area contributed by atoms with Gasteiger partial charge in [0.2, 0.25) is 5.91 Å². The second kappa shape index (κ2) is 5.30. The van der Waals surface area contributed by atoms with Crippen LogP contribution in [0.15, 0.2) is 23.4 Å². The standard InChI is InChI=1S/C12H16N4OS/c1-3-16(2)11(17)7-18-12-14-9-5-4-8(13)6-10(9)15-12/h4-6H,3,7,13H2,1-2H3,(H,14,15). The molecule has 3 N–H and O–H groups in total. The van der Waals surface area contributed by atoms with Crippen LogP contribution in [0.5, 0.6) is 0 Å². The van der Waals surface area contributed by atoms with Gasteiger partial charge in [0.1, 0.15) is 0 Å². The number of aromatic nitrogens is 2. The molecule has 5 nitrogen and oxygen atoms in total. The number of nitrogens with two attached hydrogens (primary N) is 1. The van der Waals surface area contributed by atoms with Gasteiger partial charge in [-0.05, 0) is 25.1 Å². The van der Waals surface area contributed by atoms with Crippen LogP contribution in [0.25, 0.3) is 11.0 Å². The van der Waals surface area contributed by atoms with E-state index in [2.05, 4.69) is 9.97 Å². The van der Waals surface area contributed by atoms with Crippen LogP contribution in [-0.4, -0.2) is 40.1 Å². The number of H-pyrrole nitrogens is 1. The summed E-state index contributed by atoms with van der Waals surface area (Å²) < 4.78 is 0. The quantitative estimate of drug-likeness (QED) is 0.651. The first-order valence-corrected chi connectivity index (χ1v) is 6.70. The third kappa shape index (κ3) is 2.76. The van der Waals surface area contributed by atoms with Crippen LogP contribution in [0.1, 0.15) is 6.92 Å². The summed E-state index contributed by atoms with van der Waals surface area (Å²) in [5.41, 5.74) is 8.16. The summed E-state index contributed by atoms with van der Waals surface area (Å²) in [6.07, 6.45) is 0. The molecule has 0 spiro atoms. The maximum Gasteiger partial charge on any atom is 0.232 e. The summed E-state index contributed by atoms with van der Waals surface area (Å²) in [7, 11) is 1.79. The lowest BCUT2D eigenvalue weighted by Gasteiger charge is -2.12. The average molecular weight is 264 g/mol. The Morgan fingerprint density at radius 2 is 2.33 bits per heavy atom. The van der Waals surface area contributed by atoms with Crippen LogP contribution in [0, 0.1) is 0 Å². The fourth-order valence-corrected chi connectivity index (χ4v) is 2.31. The number of thioether (sulfide) groups is 1. The number of hydrogen-bond acceptors (Lipinski definition) is 4. The second-order valence-electron chi connectivity index (χ2n) is 4.02. The van der Waals surface area contributed by atoms with Crippen LogP contribution >= 0.6 is 11.8 Å². The zero-order chi connectivity index (χ0) is 13.1. The molecule has 6 heteroatoms. The largest absolute Gasteiger partial charge is 0.399 e. The molecule has 0 unspecified atom stereocenters. The first kappa shape index (κ1) is 12.8. The molecule has 0 radical (unpaired) electrons. The molecule has 0 aliphatic rings. The number of carbonyl (C=O) groups excluding carboxylic acids is 1. The molecule has 0 atom stereocenters. The van der Waals surface area contributed by atoms with Crippen molar-refractivity contribution in [3.8, 4) is 0 Å². The Morgan fingerprint density at radius 1 is 1.56 bits per heavy atom. The van der Waals surface area contributed by atoms with Gasteiger partial charge in [-0.3, -0.25) is 4.79 Å². The molecule has 0 fully saturated rings. The zero-order valence-electron chi connectivity index (χ0n) is 10.4. The van der Waals surface area contributed by atoms with Crippen LogP contribution in [0.3, 0.4) is 0 Å². The summed E-state index contributed by atoms with van der Waals surface area (Å²) in [5.74, 6) is 0.488. The number of carbonyl (C=O) groups is 1. The Balaban J connectivity index is 2.06. The maximum atomic E-state index is 11.7. The molecule has 1 heterocycles. The van der Waals surface area contributed by atoms with E-state index in [1.54, 1.807) is 11.9 Å². The fourth-order valence-electron chi connectivity index (χ4n) is 1.49. The Morgan fingerprint density at radius 3 is 3.06 bits per heavy atom. The number of rotatable bonds is 4. The number of nitrogen functional groups attached to an aromatic ring is 1. The van der Waals surface area contributed by atoms with Crippen molar-refractivity contribution in [1.29, 1.82) is 0 Å². The van der Waals surface area contributed by atoms with Crippen LogP contribution in [-0.2, 0) is 4.79 Å². The summed E-state index contributed by atoms with van der Waals surface area (Å²) in [4.78, 5) is 20.9. The van der Waals surface area contributed by atoms with Crippen molar-refractivity contribution < 1.29 is 4.79 Å². The Hall–Kier alpha value is -1.69. The van der Waals surface area contributed by atoms with E-state index in [1.807, 2.05) is 25.1 Å². The minimum atomic E-state index is 0.0995. The number of aromatic amines is 1. The highest BCUT2D eigenvalue weighted by molar-refractivity contribution is 7.99. The first-order valence-electron chi connectivity index (χ1n) is 5.72. The van der Waals surface area contributed by atoms with Gasteiger partial charge in [0.05, 0.1) is 16.8 Å². The predicted octanol–water partition coefficient (Wildman–Crippen LogP) is 1.72. The monoisotopic (exact) mass is 264 g/mol. The number of amides is 1. The van der Waals surface area contributed by atoms with Crippen molar-refractivity contribution in [1.82, 2.24) is 14.9 Å². The molecule has 0 saturated heterocycles. The summed E-state index contributed by atoms with van der Waals surface area (Å²) in [5, 5.41) is 0.744. The summed E-state index contributed by atoms with van der Waals surface area (Å²) in [6.45, 7) is 2.67. The number of hydrogen-bond donors (Lipinski definition) is 2. The van der Waals surface area contributed by atoms with E-state index < -0.39 is 0 Å². The highest BCUT2D eigenvalue weighted by Crippen LogP contribution is 2.21. The predicted molar refractivity (Wildman–Crippen MR) is 74.5 cm³/mol. The molecular formula is C12H16N4OS. The van der Waals surface area contributed by atoms with Gasteiger partial charge in [0, 0.05) is 19.3 Å². The highest BCUT2D eigenvalue weighted by atomic mass is 32.2. The summed E-state index contributed by atoms with van der Waals surface area (Å²) >= 11 is 1.41. The number of benzene rings is 1. The Kier molecular flexibility index (Phi) is 3.76. The van der Waals surface area contributed by atoms with Gasteiger partial charge in [-0.2, -0.15) is 0 Å². The second-order valence-corrected chi connectivity index (χ2v) is 4.98. The zero-order valence-corrected chi connectivity index (χ0v) is 11.3. The highest BCUT2D eigenvalue weighted by Gasteiger charge is 2.09. The summed E-state index contributed by atoms with van der Waals surface area (Å²) in [6, 6.07) is 5.52. The molecule has 0 bridgehead atoms. The number of fused-ring (bicyclic) bond motifs is 1. The van der Waals surface area contributed by atoms with Gasteiger partial charge < -0.3 is 15.6 Å². The van der Waals surface area contributed by atoms with Crippen molar-refractivity contribution in [3.05, 3.63) is 18.2 Å². The fraction of sp³-hybridized carbons (Fsp3) is 0.333. The van der Waals surface area contributed by atoms with Crippen LogP contribution in [0.2, 0.25) is 0 Å². The molecule has 1 amide bonds. The molecule has 18 heavy (non-hydrogen) atoms. The van der Waals surface area contributed by atoms with Gasteiger partial charge in [-0.1, -0.05) is 11.8 Å². The molecule has 2 rings (SSSR count). The van der Waals surface area contributed by atoms with Crippen molar-refractivity contribution in [2.24, 2.45) is 0 Å². The van der Waals surface area contributed by atoms with Crippen molar-refractivity contribution in [2.45, 2.75) is 12.1 Å². The Bertz CT molecular complexity index is 566. The number of nitrogens with one attached hydrogen (secondary N) is 1. The SMILES string of the molecule is CCN(C)C(=O)CSc1nc2ccc(N)cc2[nH]1. The molecule has 0 aliphatic heterocycles. The number of anilines is 1. The minimum Gasteiger partial charge on any atom is -0.399 e. The van der Waals surface area contributed by atoms with E-state index in [1.165, 1.54) is 11.8 Å².